The molecule has 0 aliphatic rings. The molecule has 0 spiro atoms. The fourth-order valence-electron chi connectivity index (χ4n) is 3.64. The second-order valence-corrected chi connectivity index (χ2v) is 10.9. The Morgan fingerprint density at radius 3 is 1.43 bits per heavy atom. The molecule has 8 atom stereocenters. The number of carboxylic acids is 2. The van der Waals surface area contributed by atoms with E-state index in [1.54, 1.807) is 13.8 Å². The van der Waals surface area contributed by atoms with Gasteiger partial charge in [-0.15, -0.1) is 0 Å². The summed E-state index contributed by atoms with van der Waals surface area (Å²) in [6, 6.07) is -10.4. The van der Waals surface area contributed by atoms with Gasteiger partial charge in [-0.2, -0.15) is 0 Å². The van der Waals surface area contributed by atoms with E-state index in [1.165, 1.54) is 13.8 Å². The first-order valence-electron chi connectivity index (χ1n) is 14.2. The molecule has 0 heterocycles. The molecule has 0 rings (SSSR count). The second kappa shape index (κ2) is 19.9. The van der Waals surface area contributed by atoms with Crippen molar-refractivity contribution in [3.8, 4) is 0 Å². The maximum absolute atomic E-state index is 13.1. The Bertz CT molecular complexity index is 1120. The smallest absolute Gasteiger partial charge is 0.328 e. The van der Waals surface area contributed by atoms with E-state index in [4.69, 9.17) is 21.1 Å². The van der Waals surface area contributed by atoms with E-state index in [9.17, 15) is 48.6 Å². The SMILES string of the molecule is CC(C)C[C@H](NC(=O)[C@@H](NC(=O)[C@H](CO)NC(=O)[C@H](C)NC(=O)[C@@H](N)CC(=O)O)[C@@H](C)O)C(=O)N[C@@H](C)C(=O)N[C@@H](CO)C(=O)O. The van der Waals surface area contributed by atoms with Crippen molar-refractivity contribution >= 4 is 47.4 Å². The molecular formula is C26H45N7O13. The Hall–Kier alpha value is -4.40. The lowest BCUT2D eigenvalue weighted by atomic mass is 10.0. The van der Waals surface area contributed by atoms with E-state index in [1.807, 2.05) is 5.32 Å². The van der Waals surface area contributed by atoms with Gasteiger partial charge < -0.3 is 63.2 Å². The van der Waals surface area contributed by atoms with Gasteiger partial charge in [0.25, 0.3) is 0 Å². The van der Waals surface area contributed by atoms with Crippen molar-refractivity contribution in [2.75, 3.05) is 13.2 Å². The number of rotatable bonds is 20. The van der Waals surface area contributed by atoms with Crippen LogP contribution in [0, 0.1) is 5.92 Å². The molecule has 262 valence electrons. The summed E-state index contributed by atoms with van der Waals surface area (Å²) >= 11 is 0. The van der Waals surface area contributed by atoms with Gasteiger partial charge in [-0.05, 0) is 33.1 Å². The first-order chi connectivity index (χ1) is 21.2. The fourth-order valence-corrected chi connectivity index (χ4v) is 3.64. The molecule has 0 saturated carbocycles. The van der Waals surface area contributed by atoms with Gasteiger partial charge in [0.2, 0.25) is 35.4 Å². The van der Waals surface area contributed by atoms with E-state index in [0.717, 1.165) is 6.92 Å². The molecule has 13 N–H and O–H groups in total. The minimum Gasteiger partial charge on any atom is -0.481 e. The van der Waals surface area contributed by atoms with Crippen LogP contribution in [0.1, 0.15) is 47.5 Å². The van der Waals surface area contributed by atoms with Gasteiger partial charge in [0.05, 0.1) is 31.8 Å². The highest BCUT2D eigenvalue weighted by atomic mass is 16.4. The lowest BCUT2D eigenvalue weighted by Gasteiger charge is -2.28. The standard InChI is InChI=1S/C26H45N7O13/c1-10(2)6-15(23(42)29-12(4)21(40)32-17(9-35)26(45)46)30-25(44)19(13(5)36)33-24(43)16(8-34)31-20(39)11(3)28-22(41)14(27)7-18(37)38/h10-17,19,34-36H,6-9,27H2,1-5H3,(H,28,41)(H,29,42)(H,30,44)(H,31,39)(H,32,40)(H,33,43)(H,37,38)(H,45,46)/t11-,12-,13+,14-,15-,16-,17-,19-/m0/s1. The van der Waals surface area contributed by atoms with Crippen LogP contribution in [0.15, 0.2) is 0 Å². The normalized spacial score (nSPS) is 16.2. The summed E-state index contributed by atoms with van der Waals surface area (Å²) in [6.45, 7) is 5.11. The Morgan fingerprint density at radius 1 is 0.587 bits per heavy atom. The maximum Gasteiger partial charge on any atom is 0.328 e. The van der Waals surface area contributed by atoms with E-state index in [2.05, 4.69) is 26.6 Å². The number of amides is 6. The van der Waals surface area contributed by atoms with Crippen LogP contribution >= 0.6 is 0 Å². The van der Waals surface area contributed by atoms with Gasteiger partial charge in [0.15, 0.2) is 0 Å². The van der Waals surface area contributed by atoms with Crippen molar-refractivity contribution in [3.05, 3.63) is 0 Å². The highest BCUT2D eigenvalue weighted by Crippen LogP contribution is 2.07. The zero-order valence-corrected chi connectivity index (χ0v) is 26.1. The summed E-state index contributed by atoms with van der Waals surface area (Å²) in [4.78, 5) is 97.5. The van der Waals surface area contributed by atoms with Crippen LogP contribution in [0.3, 0.4) is 0 Å². The van der Waals surface area contributed by atoms with Crippen molar-refractivity contribution in [3.63, 3.8) is 0 Å². The molecule has 0 aromatic rings. The molecule has 0 bridgehead atoms. The van der Waals surface area contributed by atoms with Gasteiger partial charge in [-0.3, -0.25) is 33.6 Å². The number of hydrogen-bond acceptors (Lipinski definition) is 12. The van der Waals surface area contributed by atoms with Crippen LogP contribution in [0.25, 0.3) is 0 Å². The highest BCUT2D eigenvalue weighted by molar-refractivity contribution is 5.97. The Morgan fingerprint density at radius 2 is 1.02 bits per heavy atom. The van der Waals surface area contributed by atoms with E-state index in [0.29, 0.717) is 0 Å². The average molecular weight is 664 g/mol. The number of carbonyl (C=O) groups excluding carboxylic acids is 6. The molecule has 6 amide bonds. The number of nitrogens with one attached hydrogen (secondary N) is 6. The number of hydrogen-bond donors (Lipinski definition) is 12. The third-order valence-electron chi connectivity index (χ3n) is 6.25. The summed E-state index contributed by atoms with van der Waals surface area (Å²) in [5.74, 6) is -8.99. The number of nitrogens with two attached hydrogens (primary N) is 1. The molecule has 0 radical (unpaired) electrons. The van der Waals surface area contributed by atoms with Gasteiger partial charge in [0.1, 0.15) is 36.3 Å². The first kappa shape index (κ1) is 41.6. The molecular weight excluding hydrogens is 618 g/mol. The average Bonchev–Trinajstić information content (AvgIpc) is 2.95. The number of aliphatic hydroxyl groups excluding tert-OH is 3. The minimum atomic E-state index is -1.71. The fraction of sp³-hybridized carbons (Fsp3) is 0.692. The molecule has 0 aliphatic heterocycles. The van der Waals surface area contributed by atoms with Gasteiger partial charge in [-0.25, -0.2) is 4.79 Å². The van der Waals surface area contributed by atoms with Crippen molar-refractivity contribution in [1.82, 2.24) is 31.9 Å². The molecule has 0 aromatic carbocycles. The van der Waals surface area contributed by atoms with E-state index >= 15 is 0 Å². The van der Waals surface area contributed by atoms with E-state index in [-0.39, 0.29) is 12.3 Å². The summed E-state index contributed by atoms with van der Waals surface area (Å²) in [5.41, 5.74) is 5.44. The zero-order chi connectivity index (χ0) is 35.9. The third-order valence-corrected chi connectivity index (χ3v) is 6.25. The summed E-state index contributed by atoms with van der Waals surface area (Å²) in [6.07, 6.45) is -2.25. The molecule has 0 saturated heterocycles. The van der Waals surface area contributed by atoms with Crippen LogP contribution in [-0.2, 0) is 38.4 Å². The Labute approximate surface area is 264 Å². The predicted octanol–water partition coefficient (Wildman–Crippen LogP) is -5.77. The lowest BCUT2D eigenvalue weighted by Crippen LogP contribution is -2.62. The van der Waals surface area contributed by atoms with Gasteiger partial charge >= 0.3 is 11.9 Å². The molecule has 0 aliphatic carbocycles. The largest absolute Gasteiger partial charge is 0.481 e. The topological polar surface area (TPSA) is 336 Å². The second-order valence-electron chi connectivity index (χ2n) is 10.9. The molecule has 0 unspecified atom stereocenters. The minimum absolute atomic E-state index is 0.0236. The Kier molecular flexibility index (Phi) is 18.0. The zero-order valence-electron chi connectivity index (χ0n) is 26.1. The van der Waals surface area contributed by atoms with Crippen molar-refractivity contribution in [2.24, 2.45) is 11.7 Å². The molecule has 46 heavy (non-hydrogen) atoms. The highest BCUT2D eigenvalue weighted by Gasteiger charge is 2.34. The monoisotopic (exact) mass is 663 g/mol. The van der Waals surface area contributed by atoms with Gasteiger partial charge in [0, 0.05) is 0 Å². The van der Waals surface area contributed by atoms with Crippen molar-refractivity contribution < 1.29 is 63.9 Å². The third kappa shape index (κ3) is 14.6. The van der Waals surface area contributed by atoms with Crippen LogP contribution in [0.5, 0.6) is 0 Å². The van der Waals surface area contributed by atoms with Crippen LogP contribution in [-0.4, -0.2) is 135 Å². The van der Waals surface area contributed by atoms with Gasteiger partial charge in [-0.1, -0.05) is 13.8 Å². The van der Waals surface area contributed by atoms with Crippen molar-refractivity contribution in [2.45, 2.75) is 95.9 Å². The van der Waals surface area contributed by atoms with Crippen molar-refractivity contribution in [1.29, 1.82) is 0 Å². The summed E-state index contributed by atoms with van der Waals surface area (Å²) < 4.78 is 0. The number of aliphatic hydroxyl groups is 3. The van der Waals surface area contributed by atoms with Crippen LogP contribution < -0.4 is 37.6 Å². The Balaban J connectivity index is 5.56. The summed E-state index contributed by atoms with van der Waals surface area (Å²) in [5, 5.41) is 59.9. The number of carbonyl (C=O) groups is 8. The van der Waals surface area contributed by atoms with Crippen LogP contribution in [0.2, 0.25) is 0 Å². The van der Waals surface area contributed by atoms with E-state index < -0.39 is 115 Å². The predicted molar refractivity (Wildman–Crippen MR) is 156 cm³/mol. The van der Waals surface area contributed by atoms with Crippen LogP contribution in [0.4, 0.5) is 0 Å². The quantitative estimate of drug-likeness (QED) is 0.0577. The number of aliphatic carboxylic acids is 2. The lowest BCUT2D eigenvalue weighted by molar-refractivity contribution is -0.143. The maximum atomic E-state index is 13.1. The molecule has 0 aromatic heterocycles. The molecule has 20 nitrogen and oxygen atoms in total. The first-order valence-corrected chi connectivity index (χ1v) is 14.2. The number of carboxylic acid groups (broad SMARTS) is 2. The molecule has 20 heteroatoms. The summed E-state index contributed by atoms with van der Waals surface area (Å²) in [7, 11) is 0. The molecule has 0 fully saturated rings.